The maximum absolute atomic E-state index is 13.4. The Morgan fingerprint density at radius 2 is 1.83 bits per heavy atom. The number of halogens is 1. The van der Waals surface area contributed by atoms with Gasteiger partial charge in [-0.15, -0.1) is 0 Å². The second kappa shape index (κ2) is 9.28. The van der Waals surface area contributed by atoms with Crippen LogP contribution >= 0.6 is 0 Å². The largest absolute Gasteiger partial charge is 0.460 e. The number of carbonyl (C=O) groups is 2. The maximum Gasteiger partial charge on any atom is 0.338 e. The van der Waals surface area contributed by atoms with E-state index in [1.165, 1.54) is 23.8 Å². The van der Waals surface area contributed by atoms with Crippen molar-refractivity contribution in [3.8, 4) is 0 Å². The molecule has 1 heterocycles. The standard InChI is InChI=1S/C23H23FN2O3/c1-15-3-5-17(6-4-15)7-10-22(27)25-11-12-29-23(28)20-13-16(2)26-21-14-18(24)8-9-19(20)21/h3-6,8-9,13-14H,7,10-12H2,1-2H3,(H,25,27). The molecular formula is C23H23FN2O3. The highest BCUT2D eigenvalue weighted by atomic mass is 19.1. The quantitative estimate of drug-likeness (QED) is 0.488. The van der Waals surface area contributed by atoms with Crippen molar-refractivity contribution in [2.75, 3.05) is 13.2 Å². The molecule has 1 aromatic heterocycles. The average molecular weight is 394 g/mol. The van der Waals surface area contributed by atoms with Gasteiger partial charge in [0.2, 0.25) is 5.91 Å². The molecule has 0 saturated carbocycles. The zero-order valence-electron chi connectivity index (χ0n) is 16.5. The zero-order chi connectivity index (χ0) is 20.8. The zero-order valence-corrected chi connectivity index (χ0v) is 16.5. The van der Waals surface area contributed by atoms with E-state index in [9.17, 15) is 14.0 Å². The van der Waals surface area contributed by atoms with Crippen LogP contribution < -0.4 is 5.32 Å². The van der Waals surface area contributed by atoms with Crippen molar-refractivity contribution >= 4 is 22.8 Å². The van der Waals surface area contributed by atoms with Crippen molar-refractivity contribution in [1.82, 2.24) is 10.3 Å². The Balaban J connectivity index is 1.48. The number of nitrogens with zero attached hydrogens (tertiary/aromatic N) is 1. The highest BCUT2D eigenvalue weighted by molar-refractivity contribution is 6.03. The van der Waals surface area contributed by atoms with Crippen LogP contribution in [0.4, 0.5) is 4.39 Å². The number of hydrogen-bond donors (Lipinski definition) is 1. The number of pyridine rings is 1. The second-order valence-electron chi connectivity index (χ2n) is 6.94. The molecule has 1 amide bonds. The fraction of sp³-hybridized carbons (Fsp3) is 0.261. The van der Waals surface area contributed by atoms with Crippen LogP contribution in [0.5, 0.6) is 0 Å². The minimum Gasteiger partial charge on any atom is -0.460 e. The van der Waals surface area contributed by atoms with Crippen LogP contribution in [0.25, 0.3) is 10.9 Å². The molecular weight excluding hydrogens is 371 g/mol. The molecule has 0 saturated heterocycles. The van der Waals surface area contributed by atoms with Crippen LogP contribution in [0, 0.1) is 19.7 Å². The Kier molecular flexibility index (Phi) is 6.54. The number of nitrogens with one attached hydrogen (secondary N) is 1. The monoisotopic (exact) mass is 394 g/mol. The third-order valence-corrected chi connectivity index (χ3v) is 4.54. The Hall–Kier alpha value is -3.28. The summed E-state index contributed by atoms with van der Waals surface area (Å²) < 4.78 is 18.7. The van der Waals surface area contributed by atoms with Crippen LogP contribution in [0.15, 0.2) is 48.5 Å². The first-order valence-corrected chi connectivity index (χ1v) is 9.48. The van der Waals surface area contributed by atoms with Crippen molar-refractivity contribution in [3.63, 3.8) is 0 Å². The van der Waals surface area contributed by atoms with Gasteiger partial charge in [-0.1, -0.05) is 29.8 Å². The van der Waals surface area contributed by atoms with E-state index in [4.69, 9.17) is 4.74 Å². The summed E-state index contributed by atoms with van der Waals surface area (Å²) in [6.45, 7) is 4.04. The summed E-state index contributed by atoms with van der Waals surface area (Å²) in [6.07, 6.45) is 1.03. The number of hydrogen-bond acceptors (Lipinski definition) is 4. The molecule has 2 aromatic carbocycles. The molecule has 0 radical (unpaired) electrons. The summed E-state index contributed by atoms with van der Waals surface area (Å²) in [5.74, 6) is -1.04. The van der Waals surface area contributed by atoms with Gasteiger partial charge >= 0.3 is 5.97 Å². The smallest absolute Gasteiger partial charge is 0.338 e. The van der Waals surface area contributed by atoms with Crippen LogP contribution in [-0.2, 0) is 16.0 Å². The predicted octanol–water partition coefficient (Wildman–Crippen LogP) is 3.90. The number of esters is 1. The van der Waals surface area contributed by atoms with Gasteiger partial charge in [0.1, 0.15) is 12.4 Å². The van der Waals surface area contributed by atoms with Gasteiger partial charge in [0.15, 0.2) is 0 Å². The molecule has 0 aliphatic carbocycles. The van der Waals surface area contributed by atoms with E-state index in [2.05, 4.69) is 10.3 Å². The van der Waals surface area contributed by atoms with E-state index in [1.54, 1.807) is 13.0 Å². The molecule has 150 valence electrons. The summed E-state index contributed by atoms with van der Waals surface area (Å²) in [4.78, 5) is 28.6. The van der Waals surface area contributed by atoms with Gasteiger partial charge in [-0.25, -0.2) is 9.18 Å². The van der Waals surface area contributed by atoms with Gasteiger partial charge < -0.3 is 10.1 Å². The first kappa shape index (κ1) is 20.5. The van der Waals surface area contributed by atoms with E-state index >= 15 is 0 Å². The Bertz CT molecular complexity index is 1030. The van der Waals surface area contributed by atoms with Crippen molar-refractivity contribution in [1.29, 1.82) is 0 Å². The molecule has 0 aliphatic rings. The average Bonchev–Trinajstić information content (AvgIpc) is 2.69. The Morgan fingerprint density at radius 3 is 2.59 bits per heavy atom. The Labute approximate surface area is 168 Å². The molecule has 0 unspecified atom stereocenters. The molecule has 29 heavy (non-hydrogen) atoms. The number of ether oxygens (including phenoxy) is 1. The molecule has 5 nitrogen and oxygen atoms in total. The lowest BCUT2D eigenvalue weighted by atomic mass is 10.1. The number of benzene rings is 2. The minimum atomic E-state index is -0.527. The summed E-state index contributed by atoms with van der Waals surface area (Å²) >= 11 is 0. The van der Waals surface area contributed by atoms with E-state index in [0.29, 0.717) is 35.0 Å². The summed E-state index contributed by atoms with van der Waals surface area (Å²) in [5, 5.41) is 3.28. The SMILES string of the molecule is Cc1ccc(CCC(=O)NCCOC(=O)c2cc(C)nc3cc(F)ccc23)cc1. The van der Waals surface area contributed by atoms with E-state index in [-0.39, 0.29) is 19.1 Å². The normalized spacial score (nSPS) is 10.7. The van der Waals surface area contributed by atoms with Crippen molar-refractivity contribution in [2.24, 2.45) is 0 Å². The van der Waals surface area contributed by atoms with E-state index in [1.807, 2.05) is 31.2 Å². The van der Waals surface area contributed by atoms with Crippen molar-refractivity contribution in [3.05, 3.63) is 76.7 Å². The lowest BCUT2D eigenvalue weighted by molar-refractivity contribution is -0.121. The minimum absolute atomic E-state index is 0.0547. The second-order valence-corrected chi connectivity index (χ2v) is 6.94. The number of aryl methyl sites for hydroxylation is 3. The first-order valence-electron chi connectivity index (χ1n) is 9.48. The van der Waals surface area contributed by atoms with Gasteiger partial charge in [-0.2, -0.15) is 0 Å². The molecule has 0 bridgehead atoms. The predicted molar refractivity (Wildman–Crippen MR) is 109 cm³/mol. The van der Waals surface area contributed by atoms with Crippen molar-refractivity contribution in [2.45, 2.75) is 26.7 Å². The fourth-order valence-corrected chi connectivity index (χ4v) is 3.02. The molecule has 0 spiro atoms. The van der Waals surface area contributed by atoms with E-state index < -0.39 is 11.8 Å². The van der Waals surface area contributed by atoms with Gasteiger partial charge in [-0.3, -0.25) is 9.78 Å². The summed E-state index contributed by atoms with van der Waals surface area (Å²) in [5.41, 5.74) is 3.62. The number of fused-ring (bicyclic) bond motifs is 1. The van der Waals surface area contributed by atoms with Crippen molar-refractivity contribution < 1.29 is 18.7 Å². The van der Waals surface area contributed by atoms with Gasteiger partial charge in [0, 0.05) is 23.6 Å². The third-order valence-electron chi connectivity index (χ3n) is 4.54. The number of carbonyl (C=O) groups excluding carboxylic acids is 2. The molecule has 6 heteroatoms. The molecule has 0 fully saturated rings. The lowest BCUT2D eigenvalue weighted by Gasteiger charge is -2.09. The molecule has 3 aromatic rings. The molecule has 3 rings (SSSR count). The highest BCUT2D eigenvalue weighted by Crippen LogP contribution is 2.20. The molecule has 0 aliphatic heterocycles. The highest BCUT2D eigenvalue weighted by Gasteiger charge is 2.14. The summed E-state index contributed by atoms with van der Waals surface area (Å²) in [7, 11) is 0. The Morgan fingerprint density at radius 1 is 1.07 bits per heavy atom. The fourth-order valence-electron chi connectivity index (χ4n) is 3.02. The topological polar surface area (TPSA) is 68.3 Å². The van der Waals surface area contributed by atoms with Crippen LogP contribution in [0.3, 0.4) is 0 Å². The summed E-state index contributed by atoms with van der Waals surface area (Å²) in [6, 6.07) is 13.8. The number of aromatic nitrogens is 1. The number of rotatable bonds is 7. The number of amides is 1. The lowest BCUT2D eigenvalue weighted by Crippen LogP contribution is -2.28. The van der Waals surface area contributed by atoms with Gasteiger partial charge in [0.05, 0.1) is 17.6 Å². The molecule has 1 N–H and O–H groups in total. The van der Waals surface area contributed by atoms with Gasteiger partial charge in [0.25, 0.3) is 0 Å². The maximum atomic E-state index is 13.4. The van der Waals surface area contributed by atoms with Gasteiger partial charge in [-0.05, 0) is 44.0 Å². The molecule has 0 atom stereocenters. The first-order chi connectivity index (χ1) is 13.9. The van der Waals surface area contributed by atoms with Crippen LogP contribution in [0.2, 0.25) is 0 Å². The third kappa shape index (κ3) is 5.60. The van der Waals surface area contributed by atoms with Crippen LogP contribution in [-0.4, -0.2) is 30.0 Å². The van der Waals surface area contributed by atoms with E-state index in [0.717, 1.165) is 5.56 Å². The van der Waals surface area contributed by atoms with Crippen LogP contribution in [0.1, 0.15) is 33.6 Å².